The summed E-state index contributed by atoms with van der Waals surface area (Å²) in [6, 6.07) is 4.45. The molecule has 2 fully saturated rings. The Hall–Kier alpha value is -0.590. The van der Waals surface area contributed by atoms with Crippen LogP contribution in [0.3, 0.4) is 0 Å². The predicted octanol–water partition coefficient (Wildman–Crippen LogP) is 3.70. The van der Waals surface area contributed by atoms with E-state index in [9.17, 15) is 5.26 Å². The van der Waals surface area contributed by atoms with E-state index in [-0.39, 0.29) is 5.54 Å². The summed E-state index contributed by atoms with van der Waals surface area (Å²) in [5, 5.41) is 13.3. The van der Waals surface area contributed by atoms with Crippen molar-refractivity contribution in [1.29, 1.82) is 5.26 Å². The van der Waals surface area contributed by atoms with Crippen LogP contribution in [0.25, 0.3) is 0 Å². The van der Waals surface area contributed by atoms with Crippen LogP contribution in [0, 0.1) is 17.2 Å². The third kappa shape index (κ3) is 3.79. The lowest BCUT2D eigenvalue weighted by Gasteiger charge is -2.40. The first-order chi connectivity index (χ1) is 9.98. The maximum Gasteiger partial charge on any atom is 0.109 e. The Bertz CT molecular complexity index is 363. The van der Waals surface area contributed by atoms with Crippen molar-refractivity contribution in [2.24, 2.45) is 5.92 Å². The molecule has 4 atom stereocenters. The molecule has 3 nitrogen and oxygen atoms in total. The van der Waals surface area contributed by atoms with Crippen molar-refractivity contribution < 1.29 is 0 Å². The van der Waals surface area contributed by atoms with Gasteiger partial charge in [-0.3, -0.25) is 10.2 Å². The quantitative estimate of drug-likeness (QED) is 0.839. The molecule has 1 aliphatic carbocycles. The van der Waals surface area contributed by atoms with Gasteiger partial charge in [-0.05, 0) is 72.3 Å². The van der Waals surface area contributed by atoms with Gasteiger partial charge in [0.2, 0.25) is 0 Å². The minimum atomic E-state index is -0.267. The molecule has 1 N–H and O–H groups in total. The smallest absolute Gasteiger partial charge is 0.109 e. The van der Waals surface area contributed by atoms with Crippen molar-refractivity contribution in [3.05, 3.63) is 0 Å². The average molecular weight is 291 g/mol. The van der Waals surface area contributed by atoms with E-state index >= 15 is 0 Å². The Morgan fingerprint density at radius 1 is 1.19 bits per heavy atom. The molecule has 1 heterocycles. The molecule has 0 aromatic rings. The number of nitriles is 1. The molecule has 2 unspecified atom stereocenters. The topological polar surface area (TPSA) is 39.1 Å². The Morgan fingerprint density at radius 3 is 2.43 bits per heavy atom. The Kier molecular flexibility index (Phi) is 5.68. The molecule has 2 rings (SSSR count). The summed E-state index contributed by atoms with van der Waals surface area (Å²) in [6.45, 7) is 10.2. The van der Waals surface area contributed by atoms with E-state index in [1.165, 1.54) is 38.5 Å². The van der Waals surface area contributed by atoms with Crippen molar-refractivity contribution in [3.8, 4) is 6.07 Å². The third-order valence-electron chi connectivity index (χ3n) is 5.68. The summed E-state index contributed by atoms with van der Waals surface area (Å²) >= 11 is 0. The highest BCUT2D eigenvalue weighted by Gasteiger charge is 2.43. The normalized spacial score (nSPS) is 37.8. The number of nitrogens with zero attached hydrogens (tertiary/aromatic N) is 2. The van der Waals surface area contributed by atoms with Gasteiger partial charge >= 0.3 is 0 Å². The maximum atomic E-state index is 9.75. The van der Waals surface area contributed by atoms with Crippen LogP contribution in [0.15, 0.2) is 0 Å². The van der Waals surface area contributed by atoms with E-state index in [1.54, 1.807) is 0 Å². The van der Waals surface area contributed by atoms with Gasteiger partial charge < -0.3 is 0 Å². The van der Waals surface area contributed by atoms with Crippen molar-refractivity contribution in [2.45, 2.75) is 96.3 Å². The Labute approximate surface area is 131 Å². The van der Waals surface area contributed by atoms with Gasteiger partial charge in [0.1, 0.15) is 5.54 Å². The zero-order valence-corrected chi connectivity index (χ0v) is 14.4. The number of nitrogens with one attached hydrogen (secondary N) is 1. The van der Waals surface area contributed by atoms with Crippen molar-refractivity contribution in [2.75, 3.05) is 6.54 Å². The van der Waals surface area contributed by atoms with Gasteiger partial charge in [-0.25, -0.2) is 0 Å². The van der Waals surface area contributed by atoms with Crippen LogP contribution in [-0.4, -0.2) is 35.1 Å². The molecule has 1 aliphatic heterocycles. The minimum absolute atomic E-state index is 0.267. The van der Waals surface area contributed by atoms with E-state index in [4.69, 9.17) is 0 Å². The summed E-state index contributed by atoms with van der Waals surface area (Å²) in [7, 11) is 0. The van der Waals surface area contributed by atoms with E-state index in [1.807, 2.05) is 0 Å². The fourth-order valence-electron chi connectivity index (χ4n) is 4.57. The van der Waals surface area contributed by atoms with Crippen LogP contribution in [0.4, 0.5) is 0 Å². The number of hydrogen-bond acceptors (Lipinski definition) is 3. The lowest BCUT2D eigenvalue weighted by Crippen LogP contribution is -2.51. The molecule has 3 heteroatoms. The number of piperidine rings is 1. The maximum absolute atomic E-state index is 9.75. The van der Waals surface area contributed by atoms with Crippen LogP contribution >= 0.6 is 0 Å². The number of hydrogen-bond donors (Lipinski definition) is 1. The lowest BCUT2D eigenvalue weighted by molar-refractivity contribution is 0.0910. The van der Waals surface area contributed by atoms with Gasteiger partial charge in [0.15, 0.2) is 0 Å². The molecule has 0 aromatic carbocycles. The predicted molar refractivity (Wildman–Crippen MR) is 88.1 cm³/mol. The molecule has 21 heavy (non-hydrogen) atoms. The molecule has 0 radical (unpaired) electrons. The van der Waals surface area contributed by atoms with Gasteiger partial charge in [0.05, 0.1) is 6.07 Å². The second-order valence-corrected chi connectivity index (χ2v) is 7.63. The molecule has 1 saturated heterocycles. The number of rotatable bonds is 5. The van der Waals surface area contributed by atoms with Gasteiger partial charge in [0, 0.05) is 18.1 Å². The third-order valence-corrected chi connectivity index (χ3v) is 5.68. The summed E-state index contributed by atoms with van der Waals surface area (Å²) in [5.41, 5.74) is -0.267. The molecule has 0 amide bonds. The first-order valence-electron chi connectivity index (χ1n) is 8.93. The fraction of sp³-hybridized carbons (Fsp3) is 0.944. The van der Waals surface area contributed by atoms with E-state index in [0.717, 1.165) is 13.0 Å². The fourth-order valence-corrected chi connectivity index (χ4v) is 4.57. The van der Waals surface area contributed by atoms with Gasteiger partial charge in [0.25, 0.3) is 0 Å². The SMILES string of the molecule is CC(C)NC1(C#N)CCCC1CCN1[C@H](C)CCC[C@@H]1C. The van der Waals surface area contributed by atoms with Gasteiger partial charge in [-0.1, -0.05) is 12.8 Å². The zero-order chi connectivity index (χ0) is 15.5. The summed E-state index contributed by atoms with van der Waals surface area (Å²) in [6.07, 6.45) is 8.65. The lowest BCUT2D eigenvalue weighted by atomic mass is 9.84. The monoisotopic (exact) mass is 291 g/mol. The molecule has 1 saturated carbocycles. The van der Waals surface area contributed by atoms with Crippen LogP contribution in [-0.2, 0) is 0 Å². The van der Waals surface area contributed by atoms with Crippen molar-refractivity contribution in [1.82, 2.24) is 10.2 Å². The van der Waals surface area contributed by atoms with Gasteiger partial charge in [-0.15, -0.1) is 0 Å². The highest BCUT2D eigenvalue weighted by atomic mass is 15.2. The highest BCUT2D eigenvalue weighted by molar-refractivity contribution is 5.14. The van der Waals surface area contributed by atoms with Crippen molar-refractivity contribution >= 4 is 0 Å². The average Bonchev–Trinajstić information content (AvgIpc) is 2.81. The Morgan fingerprint density at radius 2 is 1.86 bits per heavy atom. The van der Waals surface area contributed by atoms with Crippen LogP contribution in [0.1, 0.15) is 72.6 Å². The van der Waals surface area contributed by atoms with Crippen molar-refractivity contribution in [3.63, 3.8) is 0 Å². The highest BCUT2D eigenvalue weighted by Crippen LogP contribution is 2.38. The molecule has 0 spiro atoms. The molecule has 120 valence electrons. The molecule has 0 aromatic heterocycles. The first kappa shape index (κ1) is 16.8. The number of likely N-dealkylation sites (tertiary alicyclic amines) is 1. The standard InChI is InChI=1S/C18H33N3/c1-14(2)20-18(13-19)11-6-9-17(18)10-12-21-15(3)7-5-8-16(21)4/h14-17,20H,5-12H2,1-4H3/t15-,16+,17?,18?. The van der Waals surface area contributed by atoms with Crippen LogP contribution in [0.2, 0.25) is 0 Å². The largest absolute Gasteiger partial charge is 0.298 e. The summed E-state index contributed by atoms with van der Waals surface area (Å²) in [4.78, 5) is 2.68. The van der Waals surface area contributed by atoms with Gasteiger partial charge in [-0.2, -0.15) is 5.26 Å². The van der Waals surface area contributed by atoms with Crippen LogP contribution < -0.4 is 5.32 Å². The van der Waals surface area contributed by atoms with E-state index < -0.39 is 0 Å². The molecule has 0 bridgehead atoms. The van der Waals surface area contributed by atoms with Crippen LogP contribution in [0.5, 0.6) is 0 Å². The first-order valence-corrected chi connectivity index (χ1v) is 8.93. The van der Waals surface area contributed by atoms with E-state index in [0.29, 0.717) is 24.0 Å². The summed E-state index contributed by atoms with van der Waals surface area (Å²) < 4.78 is 0. The molecule has 2 aliphatic rings. The summed E-state index contributed by atoms with van der Waals surface area (Å²) in [5.74, 6) is 0.520. The molecular weight excluding hydrogens is 258 g/mol. The minimum Gasteiger partial charge on any atom is -0.298 e. The second kappa shape index (κ2) is 7.11. The Balaban J connectivity index is 1.96. The molecular formula is C18H33N3. The zero-order valence-electron chi connectivity index (χ0n) is 14.4. The van der Waals surface area contributed by atoms with E-state index in [2.05, 4.69) is 44.0 Å². The second-order valence-electron chi connectivity index (χ2n) is 7.63.